The zero-order valence-electron chi connectivity index (χ0n) is 12.9. The number of hydrogen-bond donors (Lipinski definition) is 1. The van der Waals surface area contributed by atoms with Gasteiger partial charge in [0, 0.05) is 5.56 Å². The first-order chi connectivity index (χ1) is 11.0. The largest absolute Gasteiger partial charge is 0.487 e. The van der Waals surface area contributed by atoms with Gasteiger partial charge < -0.3 is 9.47 Å². The fraction of sp³-hybridized carbons (Fsp3) is 0.235. The molecule has 2 rings (SSSR count). The van der Waals surface area contributed by atoms with Gasteiger partial charge in [0.15, 0.2) is 0 Å². The minimum atomic E-state index is -0.679. The first-order valence-corrected chi connectivity index (χ1v) is 7.46. The second-order valence-electron chi connectivity index (χ2n) is 4.79. The van der Waals surface area contributed by atoms with E-state index in [2.05, 4.69) is 10.1 Å². The van der Waals surface area contributed by atoms with E-state index in [-0.39, 0.29) is 17.9 Å². The molecule has 1 N–H and O–H groups in total. The molecular formula is C17H17ClFNO3. The van der Waals surface area contributed by atoms with Gasteiger partial charge in [-0.25, -0.2) is 9.18 Å². The Balaban J connectivity index is 2.18. The van der Waals surface area contributed by atoms with Crippen molar-refractivity contribution < 1.29 is 18.7 Å². The number of rotatable bonds is 5. The molecule has 2 aromatic carbocycles. The Kier molecular flexibility index (Phi) is 5.82. The van der Waals surface area contributed by atoms with Crippen molar-refractivity contribution in [3.05, 3.63) is 58.4 Å². The lowest BCUT2D eigenvalue weighted by Gasteiger charge is -2.13. The smallest absolute Gasteiger partial charge is 0.411 e. The van der Waals surface area contributed by atoms with Gasteiger partial charge in [0.1, 0.15) is 18.2 Å². The van der Waals surface area contributed by atoms with Gasteiger partial charge in [-0.1, -0.05) is 30.7 Å². The molecular weight excluding hydrogens is 321 g/mol. The molecule has 122 valence electrons. The highest BCUT2D eigenvalue weighted by atomic mass is 35.5. The van der Waals surface area contributed by atoms with Crippen LogP contribution in [0.1, 0.15) is 18.1 Å². The van der Waals surface area contributed by atoms with Crippen LogP contribution in [0.25, 0.3) is 0 Å². The molecule has 0 aliphatic carbocycles. The number of benzene rings is 2. The van der Waals surface area contributed by atoms with E-state index in [1.54, 1.807) is 12.1 Å². The Hall–Kier alpha value is -2.27. The van der Waals surface area contributed by atoms with E-state index in [4.69, 9.17) is 16.3 Å². The van der Waals surface area contributed by atoms with Crippen LogP contribution >= 0.6 is 11.6 Å². The maximum atomic E-state index is 14.0. The molecule has 2 aromatic rings. The van der Waals surface area contributed by atoms with Crippen molar-refractivity contribution in [2.24, 2.45) is 0 Å². The van der Waals surface area contributed by atoms with Crippen LogP contribution in [0.2, 0.25) is 5.02 Å². The summed E-state index contributed by atoms with van der Waals surface area (Å²) in [6, 6.07) is 9.81. The van der Waals surface area contributed by atoms with Gasteiger partial charge in [0.25, 0.3) is 0 Å². The van der Waals surface area contributed by atoms with Gasteiger partial charge in [0.2, 0.25) is 0 Å². The average molecular weight is 338 g/mol. The highest BCUT2D eigenvalue weighted by molar-refractivity contribution is 6.32. The Morgan fingerprint density at radius 3 is 2.74 bits per heavy atom. The second kappa shape index (κ2) is 7.83. The van der Waals surface area contributed by atoms with Crippen LogP contribution in [-0.4, -0.2) is 13.2 Å². The Morgan fingerprint density at radius 1 is 1.30 bits per heavy atom. The fourth-order valence-electron chi connectivity index (χ4n) is 2.01. The van der Waals surface area contributed by atoms with Gasteiger partial charge in [-0.3, -0.25) is 5.32 Å². The van der Waals surface area contributed by atoms with Gasteiger partial charge in [0.05, 0.1) is 17.8 Å². The molecule has 23 heavy (non-hydrogen) atoms. The number of carbonyl (C=O) groups excluding carboxylic acids is 1. The van der Waals surface area contributed by atoms with E-state index >= 15 is 0 Å². The van der Waals surface area contributed by atoms with Gasteiger partial charge in [-0.05, 0) is 36.2 Å². The Bertz CT molecular complexity index is 706. The lowest BCUT2D eigenvalue weighted by Crippen LogP contribution is -2.14. The molecule has 0 aliphatic heterocycles. The number of hydrogen-bond acceptors (Lipinski definition) is 3. The SMILES string of the molecule is CCc1ccc(OCc2c(F)cccc2NC(=O)OC)c(Cl)c1. The first kappa shape index (κ1) is 17.1. The molecule has 0 saturated carbocycles. The normalized spacial score (nSPS) is 10.3. The highest BCUT2D eigenvalue weighted by Crippen LogP contribution is 2.28. The number of carbonyl (C=O) groups is 1. The van der Waals surface area contributed by atoms with Crippen LogP contribution in [0.5, 0.6) is 5.75 Å². The van der Waals surface area contributed by atoms with E-state index in [1.807, 2.05) is 19.1 Å². The van der Waals surface area contributed by atoms with Crippen molar-refractivity contribution in [1.29, 1.82) is 0 Å². The van der Waals surface area contributed by atoms with Crippen molar-refractivity contribution in [2.75, 3.05) is 12.4 Å². The summed E-state index contributed by atoms with van der Waals surface area (Å²) >= 11 is 6.15. The molecule has 4 nitrogen and oxygen atoms in total. The number of aryl methyl sites for hydroxylation is 1. The summed E-state index contributed by atoms with van der Waals surface area (Å²) in [6.45, 7) is 1.95. The average Bonchev–Trinajstić information content (AvgIpc) is 2.55. The monoisotopic (exact) mass is 337 g/mol. The first-order valence-electron chi connectivity index (χ1n) is 7.08. The Labute approximate surface area is 139 Å². The summed E-state index contributed by atoms with van der Waals surface area (Å²) in [4.78, 5) is 11.3. The molecule has 6 heteroatoms. The molecule has 0 heterocycles. The zero-order valence-corrected chi connectivity index (χ0v) is 13.6. The minimum Gasteiger partial charge on any atom is -0.487 e. The quantitative estimate of drug-likeness (QED) is 0.852. The molecule has 0 unspecified atom stereocenters. The van der Waals surface area contributed by atoms with E-state index < -0.39 is 11.9 Å². The predicted octanol–water partition coefficient (Wildman–Crippen LogP) is 4.80. The zero-order chi connectivity index (χ0) is 16.8. The van der Waals surface area contributed by atoms with Gasteiger partial charge in [-0.2, -0.15) is 0 Å². The van der Waals surface area contributed by atoms with E-state index in [9.17, 15) is 9.18 Å². The summed E-state index contributed by atoms with van der Waals surface area (Å²) < 4.78 is 24.1. The van der Waals surface area contributed by atoms with E-state index in [0.29, 0.717) is 10.8 Å². The van der Waals surface area contributed by atoms with Crippen molar-refractivity contribution in [1.82, 2.24) is 0 Å². The second-order valence-corrected chi connectivity index (χ2v) is 5.20. The van der Waals surface area contributed by atoms with Crippen LogP contribution < -0.4 is 10.1 Å². The summed E-state index contributed by atoms with van der Waals surface area (Å²) in [7, 11) is 1.24. The van der Waals surface area contributed by atoms with Gasteiger partial charge in [-0.15, -0.1) is 0 Å². The van der Waals surface area contributed by atoms with Crippen molar-refractivity contribution in [2.45, 2.75) is 20.0 Å². The molecule has 0 fully saturated rings. The molecule has 0 aliphatic rings. The van der Waals surface area contributed by atoms with Crippen molar-refractivity contribution >= 4 is 23.4 Å². The molecule has 0 saturated heterocycles. The van der Waals surface area contributed by atoms with Crippen LogP contribution in [-0.2, 0) is 17.8 Å². The number of nitrogens with one attached hydrogen (secondary N) is 1. The van der Waals surface area contributed by atoms with Crippen LogP contribution in [0.4, 0.5) is 14.9 Å². The molecule has 0 bridgehead atoms. The number of halogens is 2. The maximum Gasteiger partial charge on any atom is 0.411 e. The third-order valence-corrected chi connectivity index (χ3v) is 3.61. The Morgan fingerprint density at radius 2 is 2.09 bits per heavy atom. The third-order valence-electron chi connectivity index (χ3n) is 3.32. The lowest BCUT2D eigenvalue weighted by molar-refractivity contribution is 0.187. The number of amides is 1. The molecule has 1 amide bonds. The van der Waals surface area contributed by atoms with Crippen LogP contribution in [0.15, 0.2) is 36.4 Å². The minimum absolute atomic E-state index is 0.0722. The lowest BCUT2D eigenvalue weighted by atomic mass is 10.1. The number of methoxy groups -OCH3 is 1. The molecule has 0 radical (unpaired) electrons. The summed E-state index contributed by atoms with van der Waals surface area (Å²) in [5, 5.41) is 2.92. The fourth-order valence-corrected chi connectivity index (χ4v) is 2.27. The molecule has 0 atom stereocenters. The summed E-state index contributed by atoms with van der Waals surface area (Å²) in [5.41, 5.74) is 1.59. The predicted molar refractivity (Wildman–Crippen MR) is 87.6 cm³/mol. The summed E-state index contributed by atoms with van der Waals surface area (Å²) in [5.74, 6) is -0.0312. The molecule has 0 spiro atoms. The highest BCUT2D eigenvalue weighted by Gasteiger charge is 2.13. The van der Waals surface area contributed by atoms with E-state index in [1.165, 1.54) is 19.2 Å². The van der Waals surface area contributed by atoms with Crippen LogP contribution in [0, 0.1) is 5.82 Å². The van der Waals surface area contributed by atoms with Crippen molar-refractivity contribution in [3.8, 4) is 5.75 Å². The van der Waals surface area contributed by atoms with Crippen LogP contribution in [0.3, 0.4) is 0 Å². The standard InChI is InChI=1S/C17H17ClFNO3/c1-3-11-7-8-16(13(18)9-11)23-10-12-14(19)5-4-6-15(12)20-17(21)22-2/h4-9H,3,10H2,1-2H3,(H,20,21). The molecule has 0 aromatic heterocycles. The van der Waals surface area contributed by atoms with Crippen molar-refractivity contribution in [3.63, 3.8) is 0 Å². The number of ether oxygens (including phenoxy) is 2. The maximum absolute atomic E-state index is 14.0. The topological polar surface area (TPSA) is 47.6 Å². The number of anilines is 1. The third kappa shape index (κ3) is 4.36. The van der Waals surface area contributed by atoms with E-state index in [0.717, 1.165) is 12.0 Å². The van der Waals surface area contributed by atoms with Gasteiger partial charge >= 0.3 is 6.09 Å². The summed E-state index contributed by atoms with van der Waals surface area (Å²) in [6.07, 6.45) is 0.183.